The van der Waals surface area contributed by atoms with E-state index < -0.39 is 5.97 Å². The summed E-state index contributed by atoms with van der Waals surface area (Å²) in [7, 11) is 1.40. The lowest BCUT2D eigenvalue weighted by atomic mass is 9.93. The zero-order chi connectivity index (χ0) is 11.2. The molecule has 0 aromatic rings. The summed E-state index contributed by atoms with van der Waals surface area (Å²) in [6.45, 7) is 6.20. The molecular weight excluding hydrogens is 184 g/mol. The van der Waals surface area contributed by atoms with Crippen LogP contribution in [-0.4, -0.2) is 24.8 Å². The molecule has 0 aliphatic carbocycles. The van der Waals surface area contributed by atoms with E-state index in [-0.39, 0.29) is 18.4 Å². The molecule has 0 saturated carbocycles. The molecular formula is C10H18O4. The summed E-state index contributed by atoms with van der Waals surface area (Å²) < 4.78 is 0. The Hall–Kier alpha value is -0.870. The molecule has 0 unspecified atom stereocenters. The first-order valence-electron chi connectivity index (χ1n) is 4.43. The zero-order valence-corrected chi connectivity index (χ0v) is 9.16. The summed E-state index contributed by atoms with van der Waals surface area (Å²) in [5.41, 5.74) is 0.661. The molecule has 0 aliphatic rings. The minimum atomic E-state index is -0.861. The van der Waals surface area contributed by atoms with Crippen LogP contribution in [0.2, 0.25) is 0 Å². The molecule has 0 fully saturated rings. The van der Waals surface area contributed by atoms with Crippen LogP contribution in [0.25, 0.3) is 0 Å². The molecule has 0 spiro atoms. The van der Waals surface area contributed by atoms with Gasteiger partial charge in [-0.25, -0.2) is 9.78 Å². The van der Waals surface area contributed by atoms with E-state index >= 15 is 0 Å². The van der Waals surface area contributed by atoms with Crippen molar-refractivity contribution in [3.05, 3.63) is 11.6 Å². The van der Waals surface area contributed by atoms with Crippen LogP contribution in [0.5, 0.6) is 0 Å². The number of allylic oxidation sites excluding steroid dienone is 1. The predicted octanol–water partition coefficient (Wildman–Crippen LogP) is 2.01. The lowest BCUT2D eigenvalue weighted by molar-refractivity contribution is -0.265. The number of aliphatic carboxylic acids is 1. The Kier molecular flexibility index (Phi) is 5.42. The van der Waals surface area contributed by atoms with Crippen LogP contribution >= 0.6 is 0 Å². The van der Waals surface area contributed by atoms with Gasteiger partial charge in [0.05, 0.1) is 13.5 Å². The first kappa shape index (κ1) is 13.1. The Morgan fingerprint density at radius 3 is 2.36 bits per heavy atom. The maximum atomic E-state index is 10.5. The third-order valence-electron chi connectivity index (χ3n) is 1.38. The lowest BCUT2D eigenvalue weighted by Crippen LogP contribution is -2.09. The number of hydrogen-bond donors (Lipinski definition) is 1. The standard InChI is InChI=1S/C10H18O4/c1-10(2,3)6-8(5-9(11)12)7-14-13-4/h6H,5,7H2,1-4H3,(H,11,12). The minimum absolute atomic E-state index is 0.0133. The number of carboxylic acids is 1. The van der Waals surface area contributed by atoms with Gasteiger partial charge in [0.1, 0.15) is 6.61 Å². The molecule has 1 N–H and O–H groups in total. The monoisotopic (exact) mass is 202 g/mol. The molecule has 0 aromatic heterocycles. The highest BCUT2D eigenvalue weighted by molar-refractivity contribution is 5.70. The van der Waals surface area contributed by atoms with Crippen molar-refractivity contribution in [2.45, 2.75) is 27.2 Å². The fourth-order valence-corrected chi connectivity index (χ4v) is 1.08. The van der Waals surface area contributed by atoms with Gasteiger partial charge in [-0.05, 0) is 11.0 Å². The molecule has 4 heteroatoms. The average Bonchev–Trinajstić information content (AvgIpc) is 1.96. The summed E-state index contributed by atoms with van der Waals surface area (Å²) in [6, 6.07) is 0. The van der Waals surface area contributed by atoms with Crippen LogP contribution in [0.15, 0.2) is 11.6 Å². The van der Waals surface area contributed by atoms with Crippen LogP contribution in [0.3, 0.4) is 0 Å². The molecule has 0 rings (SSSR count). The second-order valence-corrected chi connectivity index (χ2v) is 4.17. The molecule has 0 bridgehead atoms. The predicted molar refractivity (Wildman–Crippen MR) is 52.8 cm³/mol. The molecule has 82 valence electrons. The second-order valence-electron chi connectivity index (χ2n) is 4.17. The van der Waals surface area contributed by atoms with E-state index in [0.29, 0.717) is 5.57 Å². The SMILES string of the molecule is COOCC(=CC(C)(C)C)CC(=O)O. The van der Waals surface area contributed by atoms with Gasteiger partial charge in [0, 0.05) is 0 Å². The van der Waals surface area contributed by atoms with Crippen molar-refractivity contribution < 1.29 is 19.7 Å². The van der Waals surface area contributed by atoms with E-state index in [1.165, 1.54) is 7.11 Å². The summed E-state index contributed by atoms with van der Waals surface area (Å²) in [5, 5.41) is 8.64. The largest absolute Gasteiger partial charge is 0.481 e. The maximum absolute atomic E-state index is 10.5. The van der Waals surface area contributed by atoms with Gasteiger partial charge in [-0.2, -0.15) is 0 Å². The Balaban J connectivity index is 4.38. The van der Waals surface area contributed by atoms with Crippen LogP contribution in [0.1, 0.15) is 27.2 Å². The fraction of sp³-hybridized carbons (Fsp3) is 0.700. The molecule has 0 aliphatic heterocycles. The Bertz CT molecular complexity index is 213. The van der Waals surface area contributed by atoms with Crippen molar-refractivity contribution in [3.8, 4) is 0 Å². The van der Waals surface area contributed by atoms with E-state index in [9.17, 15) is 4.79 Å². The summed E-state index contributed by atoms with van der Waals surface area (Å²) in [5.74, 6) is -0.861. The van der Waals surface area contributed by atoms with Crippen molar-refractivity contribution in [1.29, 1.82) is 0 Å². The maximum Gasteiger partial charge on any atom is 0.307 e. The topological polar surface area (TPSA) is 55.8 Å². The Morgan fingerprint density at radius 1 is 1.43 bits per heavy atom. The van der Waals surface area contributed by atoms with Crippen molar-refractivity contribution in [2.24, 2.45) is 5.41 Å². The van der Waals surface area contributed by atoms with Crippen LogP contribution in [-0.2, 0) is 14.6 Å². The fourth-order valence-electron chi connectivity index (χ4n) is 1.08. The van der Waals surface area contributed by atoms with Gasteiger partial charge in [-0.15, -0.1) is 0 Å². The summed E-state index contributed by atoms with van der Waals surface area (Å²) in [4.78, 5) is 19.7. The Labute approximate surface area is 84.4 Å². The zero-order valence-electron chi connectivity index (χ0n) is 9.16. The summed E-state index contributed by atoms with van der Waals surface area (Å²) in [6.07, 6.45) is 1.88. The van der Waals surface area contributed by atoms with Gasteiger partial charge in [0.25, 0.3) is 0 Å². The van der Waals surface area contributed by atoms with Crippen molar-refractivity contribution in [3.63, 3.8) is 0 Å². The number of rotatable bonds is 5. The van der Waals surface area contributed by atoms with Crippen LogP contribution in [0.4, 0.5) is 0 Å². The van der Waals surface area contributed by atoms with Crippen LogP contribution < -0.4 is 0 Å². The first-order valence-corrected chi connectivity index (χ1v) is 4.43. The highest BCUT2D eigenvalue weighted by Crippen LogP contribution is 2.19. The van der Waals surface area contributed by atoms with Gasteiger partial charge in [-0.3, -0.25) is 4.79 Å². The normalized spacial score (nSPS) is 13.0. The van der Waals surface area contributed by atoms with Gasteiger partial charge >= 0.3 is 5.97 Å². The molecule has 0 saturated heterocycles. The molecule has 0 amide bonds. The number of carbonyl (C=O) groups is 1. The first-order chi connectivity index (χ1) is 6.35. The highest BCUT2D eigenvalue weighted by atomic mass is 17.2. The average molecular weight is 202 g/mol. The summed E-state index contributed by atoms with van der Waals surface area (Å²) >= 11 is 0. The van der Waals surface area contributed by atoms with E-state index in [1.807, 2.05) is 26.8 Å². The number of carboxylic acid groups (broad SMARTS) is 1. The molecule has 0 aromatic carbocycles. The third-order valence-corrected chi connectivity index (χ3v) is 1.38. The van der Waals surface area contributed by atoms with Crippen LogP contribution in [0, 0.1) is 5.41 Å². The molecule has 14 heavy (non-hydrogen) atoms. The highest BCUT2D eigenvalue weighted by Gasteiger charge is 2.11. The quantitative estimate of drug-likeness (QED) is 0.421. The van der Waals surface area contributed by atoms with E-state index in [1.54, 1.807) is 0 Å². The second kappa shape index (κ2) is 5.78. The smallest absolute Gasteiger partial charge is 0.307 e. The van der Waals surface area contributed by atoms with Gasteiger partial charge in [-0.1, -0.05) is 26.8 Å². The number of hydrogen-bond acceptors (Lipinski definition) is 3. The Morgan fingerprint density at radius 2 is 2.00 bits per heavy atom. The molecule has 4 nitrogen and oxygen atoms in total. The van der Waals surface area contributed by atoms with Gasteiger partial charge < -0.3 is 5.11 Å². The molecule has 0 atom stereocenters. The van der Waals surface area contributed by atoms with E-state index in [0.717, 1.165) is 0 Å². The van der Waals surface area contributed by atoms with Crippen molar-refractivity contribution >= 4 is 5.97 Å². The lowest BCUT2D eigenvalue weighted by Gasteiger charge is -2.15. The third kappa shape index (κ3) is 7.76. The van der Waals surface area contributed by atoms with Gasteiger partial charge in [0.2, 0.25) is 0 Å². The minimum Gasteiger partial charge on any atom is -0.481 e. The van der Waals surface area contributed by atoms with E-state index in [4.69, 9.17) is 9.99 Å². The van der Waals surface area contributed by atoms with Gasteiger partial charge in [0.15, 0.2) is 0 Å². The van der Waals surface area contributed by atoms with Crippen molar-refractivity contribution in [2.75, 3.05) is 13.7 Å². The van der Waals surface area contributed by atoms with E-state index in [2.05, 4.69) is 4.89 Å². The molecule has 0 heterocycles. The molecule has 0 radical (unpaired) electrons. The van der Waals surface area contributed by atoms with Crippen molar-refractivity contribution in [1.82, 2.24) is 0 Å².